The van der Waals surface area contributed by atoms with E-state index in [1.54, 1.807) is 24.3 Å². The van der Waals surface area contributed by atoms with Crippen LogP contribution in [0.15, 0.2) is 54.1 Å². The van der Waals surface area contributed by atoms with Crippen molar-refractivity contribution < 1.29 is 9.59 Å². The molecule has 4 rings (SSSR count). The monoisotopic (exact) mass is 463 g/mol. The van der Waals surface area contributed by atoms with Crippen LogP contribution < -0.4 is 10.2 Å². The predicted octanol–water partition coefficient (Wildman–Crippen LogP) is 5.20. The number of rotatable bonds is 3. The molecule has 0 atom stereocenters. The lowest BCUT2D eigenvalue weighted by Crippen LogP contribution is -2.54. The van der Waals surface area contributed by atoms with Crippen LogP contribution in [0.2, 0.25) is 5.02 Å². The third-order valence-corrected chi connectivity index (χ3v) is 6.34. The largest absolute Gasteiger partial charge is 0.318 e. The van der Waals surface area contributed by atoms with E-state index in [-0.39, 0.29) is 10.7 Å². The van der Waals surface area contributed by atoms with Gasteiger partial charge in [-0.25, -0.2) is 0 Å². The van der Waals surface area contributed by atoms with Crippen molar-refractivity contribution in [3.8, 4) is 5.69 Å². The topological polar surface area (TPSA) is 54.3 Å². The minimum atomic E-state index is -0.518. The SMILES string of the molecule is Cc1ccc(-n2c(C)cc(/C=C3/C(=O)NC(=S)N(c4cccc(Cl)c4C)C3=O)c2C)cc1. The maximum Gasteiger partial charge on any atom is 0.270 e. The standard InChI is InChI=1S/C25H22ClN3O2S/c1-14-8-10-19(11-9-14)28-15(2)12-18(17(28)4)13-20-23(30)27-25(32)29(24(20)31)22-7-5-6-21(26)16(22)3/h5-13H,1-4H3,(H,27,30,32)/b20-13-. The number of anilines is 1. The molecule has 2 aromatic carbocycles. The zero-order chi connectivity index (χ0) is 23.2. The fourth-order valence-electron chi connectivity index (χ4n) is 3.89. The van der Waals surface area contributed by atoms with Gasteiger partial charge >= 0.3 is 0 Å². The molecule has 2 heterocycles. The van der Waals surface area contributed by atoms with E-state index in [9.17, 15) is 9.59 Å². The van der Waals surface area contributed by atoms with Gasteiger partial charge in [-0.15, -0.1) is 0 Å². The first-order valence-electron chi connectivity index (χ1n) is 10.1. The molecule has 5 nitrogen and oxygen atoms in total. The summed E-state index contributed by atoms with van der Waals surface area (Å²) in [7, 11) is 0. The third-order valence-electron chi connectivity index (χ3n) is 5.64. The van der Waals surface area contributed by atoms with E-state index in [1.165, 1.54) is 10.5 Å². The average Bonchev–Trinajstić information content (AvgIpc) is 3.02. The van der Waals surface area contributed by atoms with Gasteiger partial charge in [-0.2, -0.15) is 0 Å². The first kappa shape index (κ1) is 22.0. The zero-order valence-corrected chi connectivity index (χ0v) is 19.8. The minimum absolute atomic E-state index is 0.0159. The maximum absolute atomic E-state index is 13.4. The van der Waals surface area contributed by atoms with Gasteiger partial charge in [0.25, 0.3) is 11.8 Å². The molecular formula is C25H22ClN3O2S. The number of carbonyl (C=O) groups excluding carboxylic acids is 2. The maximum atomic E-state index is 13.4. The van der Waals surface area contributed by atoms with E-state index >= 15 is 0 Å². The number of carbonyl (C=O) groups is 2. The Morgan fingerprint density at radius 1 is 1.00 bits per heavy atom. The average molecular weight is 464 g/mol. The summed E-state index contributed by atoms with van der Waals surface area (Å²) in [5, 5.41) is 3.18. The van der Waals surface area contributed by atoms with Gasteiger partial charge in [0.2, 0.25) is 0 Å². The second-order valence-electron chi connectivity index (χ2n) is 7.84. The van der Waals surface area contributed by atoms with Crippen molar-refractivity contribution in [1.82, 2.24) is 9.88 Å². The summed E-state index contributed by atoms with van der Waals surface area (Å²) < 4.78 is 2.10. The van der Waals surface area contributed by atoms with E-state index in [1.807, 2.05) is 45.9 Å². The van der Waals surface area contributed by atoms with Crippen LogP contribution in [-0.4, -0.2) is 21.5 Å². The lowest BCUT2D eigenvalue weighted by Gasteiger charge is -2.30. The number of hydrogen-bond acceptors (Lipinski definition) is 3. The Labute approximate surface area is 197 Å². The predicted molar refractivity (Wildman–Crippen MR) is 132 cm³/mol. The van der Waals surface area contributed by atoms with Gasteiger partial charge in [-0.05, 0) is 87.4 Å². The van der Waals surface area contributed by atoms with Gasteiger partial charge < -0.3 is 4.57 Å². The number of thiocarbonyl (C=S) groups is 1. The highest BCUT2D eigenvalue weighted by molar-refractivity contribution is 7.80. The fraction of sp³-hybridized carbons (Fsp3) is 0.160. The summed E-state index contributed by atoms with van der Waals surface area (Å²) in [4.78, 5) is 27.4. The molecule has 7 heteroatoms. The lowest BCUT2D eigenvalue weighted by atomic mass is 10.1. The van der Waals surface area contributed by atoms with Crippen LogP contribution in [0, 0.1) is 27.7 Å². The Kier molecular flexibility index (Phi) is 5.75. The smallest absolute Gasteiger partial charge is 0.270 e. The molecule has 1 N–H and O–H groups in total. The summed E-state index contributed by atoms with van der Waals surface area (Å²) >= 11 is 11.6. The quantitative estimate of drug-likeness (QED) is 0.330. The molecule has 0 aliphatic carbocycles. The van der Waals surface area contributed by atoms with Gasteiger partial charge in [0.05, 0.1) is 5.69 Å². The van der Waals surface area contributed by atoms with E-state index in [2.05, 4.69) is 22.0 Å². The van der Waals surface area contributed by atoms with Crippen LogP contribution in [0.25, 0.3) is 11.8 Å². The molecule has 0 radical (unpaired) electrons. The molecule has 1 saturated heterocycles. The molecule has 1 aliphatic rings. The van der Waals surface area contributed by atoms with Crippen molar-refractivity contribution in [3.05, 3.63) is 87.2 Å². The van der Waals surface area contributed by atoms with Crippen molar-refractivity contribution in [2.45, 2.75) is 27.7 Å². The molecule has 0 bridgehead atoms. The fourth-order valence-corrected chi connectivity index (χ4v) is 4.34. The highest BCUT2D eigenvalue weighted by Gasteiger charge is 2.35. The van der Waals surface area contributed by atoms with Crippen LogP contribution in [-0.2, 0) is 9.59 Å². The molecule has 1 aromatic heterocycles. The zero-order valence-electron chi connectivity index (χ0n) is 18.2. The van der Waals surface area contributed by atoms with Gasteiger partial charge in [0, 0.05) is 22.1 Å². The molecule has 0 unspecified atom stereocenters. The highest BCUT2D eigenvalue weighted by Crippen LogP contribution is 2.30. The van der Waals surface area contributed by atoms with E-state index in [0.29, 0.717) is 16.3 Å². The Morgan fingerprint density at radius 2 is 1.69 bits per heavy atom. The summed E-state index contributed by atoms with van der Waals surface area (Å²) in [6, 6.07) is 15.4. The van der Waals surface area contributed by atoms with Crippen molar-refractivity contribution in [1.29, 1.82) is 0 Å². The summed E-state index contributed by atoms with van der Waals surface area (Å²) in [5.41, 5.74) is 6.18. The minimum Gasteiger partial charge on any atom is -0.318 e. The molecule has 162 valence electrons. The number of nitrogens with one attached hydrogen (secondary N) is 1. The highest BCUT2D eigenvalue weighted by atomic mass is 35.5. The molecular weight excluding hydrogens is 442 g/mol. The molecule has 0 saturated carbocycles. The van der Waals surface area contributed by atoms with Crippen LogP contribution in [0.1, 0.15) is 28.1 Å². The van der Waals surface area contributed by atoms with Gasteiger partial charge in [0.15, 0.2) is 5.11 Å². The molecule has 2 amide bonds. The Morgan fingerprint density at radius 3 is 2.38 bits per heavy atom. The second-order valence-corrected chi connectivity index (χ2v) is 8.63. The summed E-state index contributed by atoms with van der Waals surface area (Å²) in [5.74, 6) is -1.000. The number of aromatic nitrogens is 1. The van der Waals surface area contributed by atoms with Crippen LogP contribution in [0.4, 0.5) is 5.69 Å². The molecule has 1 fully saturated rings. The lowest BCUT2D eigenvalue weighted by molar-refractivity contribution is -0.122. The van der Waals surface area contributed by atoms with E-state index in [4.69, 9.17) is 23.8 Å². The van der Waals surface area contributed by atoms with Crippen molar-refractivity contribution in [3.63, 3.8) is 0 Å². The number of nitrogens with zero attached hydrogens (tertiary/aromatic N) is 2. The normalized spacial score (nSPS) is 15.5. The van der Waals surface area contributed by atoms with Crippen molar-refractivity contribution >= 4 is 52.5 Å². The van der Waals surface area contributed by atoms with Crippen LogP contribution >= 0.6 is 23.8 Å². The molecule has 3 aromatic rings. The number of hydrogen-bond donors (Lipinski definition) is 1. The second kappa shape index (κ2) is 8.37. The summed E-state index contributed by atoms with van der Waals surface area (Å²) in [6.07, 6.45) is 1.62. The van der Waals surface area contributed by atoms with Gasteiger partial charge in [0.1, 0.15) is 5.57 Å². The van der Waals surface area contributed by atoms with Crippen LogP contribution in [0.3, 0.4) is 0 Å². The number of amides is 2. The first-order chi connectivity index (χ1) is 15.2. The van der Waals surface area contributed by atoms with Crippen LogP contribution in [0.5, 0.6) is 0 Å². The molecule has 32 heavy (non-hydrogen) atoms. The Bertz CT molecular complexity index is 1310. The Balaban J connectivity index is 1.78. The van der Waals surface area contributed by atoms with Gasteiger partial charge in [-0.1, -0.05) is 35.4 Å². The van der Waals surface area contributed by atoms with Crippen molar-refractivity contribution in [2.75, 3.05) is 4.90 Å². The number of benzene rings is 2. The molecule has 0 spiro atoms. The van der Waals surface area contributed by atoms with E-state index < -0.39 is 11.8 Å². The molecule has 1 aliphatic heterocycles. The number of aryl methyl sites for hydroxylation is 2. The van der Waals surface area contributed by atoms with Gasteiger partial charge in [-0.3, -0.25) is 19.8 Å². The first-order valence-corrected chi connectivity index (χ1v) is 10.9. The summed E-state index contributed by atoms with van der Waals surface area (Å²) in [6.45, 7) is 7.81. The Hall–Kier alpha value is -3.22. The van der Waals surface area contributed by atoms with Crippen molar-refractivity contribution in [2.24, 2.45) is 0 Å². The number of halogens is 1. The van der Waals surface area contributed by atoms with E-state index in [0.717, 1.165) is 22.6 Å². The third kappa shape index (κ3) is 3.76.